The molecule has 8 nitrogen and oxygen atoms in total. The average Bonchev–Trinajstić information content (AvgIpc) is 2.55. The van der Waals surface area contributed by atoms with E-state index >= 15 is 0 Å². The van der Waals surface area contributed by atoms with Gasteiger partial charge in [0.2, 0.25) is 15.3 Å². The van der Waals surface area contributed by atoms with E-state index in [0.29, 0.717) is 11.4 Å². The van der Waals surface area contributed by atoms with Crippen molar-refractivity contribution in [2.75, 3.05) is 29.5 Å². The summed E-state index contributed by atoms with van der Waals surface area (Å²) < 4.78 is 30.2. The second-order valence-corrected chi connectivity index (χ2v) is 7.42. The van der Waals surface area contributed by atoms with Crippen LogP contribution in [0.25, 0.3) is 0 Å². The number of nitriles is 1. The first-order chi connectivity index (χ1) is 11.8. The van der Waals surface area contributed by atoms with Crippen LogP contribution in [-0.4, -0.2) is 38.3 Å². The van der Waals surface area contributed by atoms with Crippen LogP contribution < -0.4 is 14.4 Å². The van der Waals surface area contributed by atoms with E-state index in [9.17, 15) is 8.42 Å². The van der Waals surface area contributed by atoms with E-state index in [1.54, 1.807) is 12.1 Å². The van der Waals surface area contributed by atoms with Gasteiger partial charge in [0.05, 0.1) is 37.0 Å². The third-order valence-electron chi connectivity index (χ3n) is 3.06. The highest BCUT2D eigenvalue weighted by Gasteiger charge is 2.22. The lowest BCUT2D eigenvalue weighted by molar-refractivity contribution is 0.415. The molecule has 0 unspecified atom stereocenters. The van der Waals surface area contributed by atoms with Crippen molar-refractivity contribution in [3.05, 3.63) is 34.7 Å². The van der Waals surface area contributed by atoms with E-state index in [4.69, 9.17) is 33.2 Å². The zero-order chi connectivity index (χ0) is 18.6. The monoisotopic (exact) mass is 401 g/mol. The summed E-state index contributed by atoms with van der Waals surface area (Å²) in [7, 11) is -2.27. The average molecular weight is 402 g/mol. The molecule has 0 saturated carbocycles. The fourth-order valence-corrected chi connectivity index (χ4v) is 3.03. The molecule has 0 radical (unpaired) electrons. The van der Waals surface area contributed by atoms with Crippen molar-refractivity contribution in [3.63, 3.8) is 0 Å². The fraction of sp³-hybridized carbons (Fsp3) is 0.214. The van der Waals surface area contributed by atoms with Gasteiger partial charge in [0.1, 0.15) is 17.3 Å². The number of halogens is 2. The zero-order valence-electron chi connectivity index (χ0n) is 13.2. The predicted octanol–water partition coefficient (Wildman–Crippen LogP) is 2.83. The number of hydrogen-bond acceptors (Lipinski definition) is 7. The van der Waals surface area contributed by atoms with E-state index in [1.165, 1.54) is 19.4 Å². The fourth-order valence-electron chi connectivity index (χ4n) is 1.96. The molecule has 0 aliphatic rings. The van der Waals surface area contributed by atoms with E-state index < -0.39 is 10.0 Å². The summed E-state index contributed by atoms with van der Waals surface area (Å²) in [6.45, 7) is -0.376. The third-order valence-corrected chi connectivity index (χ3v) is 4.64. The van der Waals surface area contributed by atoms with Crippen molar-refractivity contribution in [1.29, 1.82) is 5.26 Å². The second kappa shape index (κ2) is 7.74. The first kappa shape index (κ1) is 19.1. The molecule has 1 N–H and O–H groups in total. The second-order valence-electron chi connectivity index (χ2n) is 4.77. The Labute approximate surface area is 155 Å². The Hall–Kier alpha value is -2.28. The number of sulfonamides is 1. The van der Waals surface area contributed by atoms with Gasteiger partial charge < -0.3 is 10.1 Å². The molecule has 132 valence electrons. The van der Waals surface area contributed by atoms with Crippen molar-refractivity contribution in [2.45, 2.75) is 0 Å². The van der Waals surface area contributed by atoms with Crippen LogP contribution >= 0.6 is 23.2 Å². The van der Waals surface area contributed by atoms with Gasteiger partial charge in [-0.25, -0.2) is 13.4 Å². The van der Waals surface area contributed by atoms with E-state index in [-0.39, 0.29) is 28.4 Å². The summed E-state index contributed by atoms with van der Waals surface area (Å²) in [5, 5.41) is 12.1. The van der Waals surface area contributed by atoms with Crippen LogP contribution in [-0.2, 0) is 10.0 Å². The molecule has 2 aromatic rings. The molecule has 0 fully saturated rings. The Morgan fingerprint density at radius 2 is 2.12 bits per heavy atom. The van der Waals surface area contributed by atoms with Gasteiger partial charge in [0.15, 0.2) is 5.82 Å². The maximum Gasteiger partial charge on any atom is 0.233 e. The van der Waals surface area contributed by atoms with Gasteiger partial charge >= 0.3 is 0 Å². The number of ether oxygens (including phenoxy) is 1. The minimum atomic E-state index is -3.71. The lowest BCUT2D eigenvalue weighted by Crippen LogP contribution is -2.30. The molecule has 0 spiro atoms. The van der Waals surface area contributed by atoms with Crippen LogP contribution in [0.2, 0.25) is 10.3 Å². The molecule has 25 heavy (non-hydrogen) atoms. The normalized spacial score (nSPS) is 10.8. The molecule has 0 atom stereocenters. The standard InChI is InChI=1S/C14H13Cl2N5O3S/c1-24-9-3-4-11(19-13-10(15)8-18-14(16)20-13)12(7-9)21(6-5-17)25(2,22)23/h3-4,7-8H,6H2,1-2H3,(H,18,19,20). The Morgan fingerprint density at radius 3 is 2.72 bits per heavy atom. The number of aromatic nitrogens is 2. The van der Waals surface area contributed by atoms with Gasteiger partial charge in [-0.3, -0.25) is 4.31 Å². The van der Waals surface area contributed by atoms with Crippen LogP contribution in [0, 0.1) is 11.3 Å². The minimum Gasteiger partial charge on any atom is -0.497 e. The summed E-state index contributed by atoms with van der Waals surface area (Å²) >= 11 is 11.8. The number of nitrogens with one attached hydrogen (secondary N) is 1. The smallest absolute Gasteiger partial charge is 0.233 e. The molecule has 0 saturated heterocycles. The number of benzene rings is 1. The molecule has 0 aliphatic carbocycles. The summed E-state index contributed by atoms with van der Waals surface area (Å²) in [4.78, 5) is 7.71. The number of nitrogens with zero attached hydrogens (tertiary/aromatic N) is 4. The van der Waals surface area contributed by atoms with Gasteiger partial charge in [-0.15, -0.1) is 0 Å². The maximum absolute atomic E-state index is 12.1. The molecule has 0 aliphatic heterocycles. The number of hydrogen-bond donors (Lipinski definition) is 1. The van der Waals surface area contributed by atoms with E-state index in [0.717, 1.165) is 10.6 Å². The Morgan fingerprint density at radius 1 is 1.40 bits per heavy atom. The van der Waals surface area contributed by atoms with Gasteiger partial charge in [-0.05, 0) is 23.7 Å². The highest BCUT2D eigenvalue weighted by atomic mass is 35.5. The highest BCUT2D eigenvalue weighted by molar-refractivity contribution is 7.92. The summed E-state index contributed by atoms with van der Waals surface area (Å²) in [6, 6.07) is 6.51. The number of anilines is 3. The van der Waals surface area contributed by atoms with Gasteiger partial charge in [0, 0.05) is 6.07 Å². The van der Waals surface area contributed by atoms with Crippen molar-refractivity contribution >= 4 is 50.4 Å². The topological polar surface area (TPSA) is 108 Å². The van der Waals surface area contributed by atoms with Gasteiger partial charge in [0.25, 0.3) is 0 Å². The molecular formula is C14H13Cl2N5O3S. The molecule has 0 bridgehead atoms. The molecule has 1 aromatic heterocycles. The first-order valence-corrected chi connectivity index (χ1v) is 9.34. The van der Waals surface area contributed by atoms with Crippen LogP contribution in [0.3, 0.4) is 0 Å². The molecule has 11 heteroatoms. The third kappa shape index (κ3) is 4.63. The highest BCUT2D eigenvalue weighted by Crippen LogP contribution is 2.35. The number of methoxy groups -OCH3 is 1. The van der Waals surface area contributed by atoms with Crippen molar-refractivity contribution in [3.8, 4) is 11.8 Å². The SMILES string of the molecule is COc1ccc(Nc2nc(Cl)ncc2Cl)c(N(CC#N)S(C)(=O)=O)c1. The first-order valence-electron chi connectivity index (χ1n) is 6.74. The molecule has 0 amide bonds. The Kier molecular flexibility index (Phi) is 5.89. The molecule has 1 aromatic carbocycles. The predicted molar refractivity (Wildman–Crippen MR) is 96.1 cm³/mol. The van der Waals surface area contributed by atoms with Crippen LogP contribution in [0.15, 0.2) is 24.4 Å². The lowest BCUT2D eigenvalue weighted by atomic mass is 10.2. The lowest BCUT2D eigenvalue weighted by Gasteiger charge is -2.23. The Balaban J connectivity index is 2.58. The van der Waals surface area contributed by atoms with Crippen LogP contribution in [0.1, 0.15) is 0 Å². The minimum absolute atomic E-state index is 0.0287. The van der Waals surface area contributed by atoms with Crippen LogP contribution in [0.4, 0.5) is 17.2 Å². The zero-order valence-corrected chi connectivity index (χ0v) is 15.5. The largest absolute Gasteiger partial charge is 0.497 e. The summed E-state index contributed by atoms with van der Waals surface area (Å²) in [6.07, 6.45) is 2.31. The molecule has 2 rings (SSSR count). The van der Waals surface area contributed by atoms with Gasteiger partial charge in [-0.2, -0.15) is 10.2 Å². The van der Waals surface area contributed by atoms with E-state index in [2.05, 4.69) is 15.3 Å². The van der Waals surface area contributed by atoms with Crippen LogP contribution in [0.5, 0.6) is 5.75 Å². The van der Waals surface area contributed by atoms with E-state index in [1.807, 2.05) is 6.07 Å². The number of rotatable bonds is 6. The van der Waals surface area contributed by atoms with Crippen molar-refractivity contribution in [1.82, 2.24) is 9.97 Å². The summed E-state index contributed by atoms with van der Waals surface area (Å²) in [5.41, 5.74) is 0.548. The maximum atomic E-state index is 12.1. The molecular weight excluding hydrogens is 389 g/mol. The molecule has 1 heterocycles. The Bertz CT molecular complexity index is 931. The van der Waals surface area contributed by atoms with Crippen molar-refractivity contribution in [2.24, 2.45) is 0 Å². The quantitative estimate of drug-likeness (QED) is 0.585. The van der Waals surface area contributed by atoms with Crippen molar-refractivity contribution < 1.29 is 13.2 Å². The summed E-state index contributed by atoms with van der Waals surface area (Å²) in [5.74, 6) is 0.609. The van der Waals surface area contributed by atoms with Gasteiger partial charge in [-0.1, -0.05) is 11.6 Å².